The van der Waals surface area contributed by atoms with E-state index in [9.17, 15) is 4.79 Å². The third-order valence-corrected chi connectivity index (χ3v) is 2.98. The molecule has 16 heavy (non-hydrogen) atoms. The van der Waals surface area contributed by atoms with Crippen LogP contribution in [0.2, 0.25) is 0 Å². The molecule has 0 N–H and O–H groups in total. The van der Waals surface area contributed by atoms with Crippen molar-refractivity contribution in [1.82, 2.24) is 4.57 Å². The Morgan fingerprint density at radius 2 is 1.94 bits per heavy atom. The van der Waals surface area contributed by atoms with Crippen molar-refractivity contribution in [2.24, 2.45) is 0 Å². The first-order chi connectivity index (χ1) is 7.41. The second-order valence-electron chi connectivity index (χ2n) is 4.48. The summed E-state index contributed by atoms with van der Waals surface area (Å²) in [5.41, 5.74) is 2.10. The van der Waals surface area contributed by atoms with Gasteiger partial charge in [-0.15, -0.1) is 0 Å². The van der Waals surface area contributed by atoms with Crippen LogP contribution in [0.4, 0.5) is 0 Å². The summed E-state index contributed by atoms with van der Waals surface area (Å²) >= 11 is 3.41. The zero-order valence-corrected chi connectivity index (χ0v) is 11.2. The molecule has 2 rings (SSSR count). The van der Waals surface area contributed by atoms with Crippen molar-refractivity contribution in [3.05, 3.63) is 36.0 Å². The topological polar surface area (TPSA) is 22.0 Å². The van der Waals surface area contributed by atoms with Gasteiger partial charge in [-0.3, -0.25) is 9.36 Å². The van der Waals surface area contributed by atoms with Crippen molar-refractivity contribution < 1.29 is 4.79 Å². The van der Waals surface area contributed by atoms with E-state index in [1.165, 1.54) is 0 Å². The molecule has 0 bridgehead atoms. The van der Waals surface area contributed by atoms with E-state index in [2.05, 4.69) is 15.9 Å². The van der Waals surface area contributed by atoms with Gasteiger partial charge in [-0.2, -0.15) is 0 Å². The Morgan fingerprint density at radius 3 is 2.56 bits per heavy atom. The van der Waals surface area contributed by atoms with Crippen LogP contribution in [0.25, 0.3) is 10.9 Å². The maximum Gasteiger partial charge on any atom is 0.247 e. The number of rotatable bonds is 1. The number of halogens is 1. The van der Waals surface area contributed by atoms with Crippen molar-refractivity contribution in [3.63, 3.8) is 0 Å². The highest BCUT2D eigenvalue weighted by Gasteiger charge is 2.26. The molecule has 1 heterocycles. The van der Waals surface area contributed by atoms with Gasteiger partial charge >= 0.3 is 0 Å². The first-order valence-electron chi connectivity index (χ1n) is 5.21. The smallest absolute Gasteiger partial charge is 0.247 e. The SMILES string of the molecule is Cc1cn(C(=O)C(C)(C)Br)c2ccccc12. The van der Waals surface area contributed by atoms with E-state index in [4.69, 9.17) is 0 Å². The molecule has 0 spiro atoms. The monoisotopic (exact) mass is 279 g/mol. The normalized spacial score (nSPS) is 12.0. The average molecular weight is 280 g/mol. The molecule has 0 aliphatic carbocycles. The Labute approximate surface area is 103 Å². The Kier molecular flexibility index (Phi) is 2.66. The lowest BCUT2D eigenvalue weighted by Crippen LogP contribution is -2.29. The van der Waals surface area contributed by atoms with Crippen LogP contribution in [0, 0.1) is 6.92 Å². The first-order valence-corrected chi connectivity index (χ1v) is 6.01. The minimum absolute atomic E-state index is 0.0526. The molecule has 0 aliphatic heterocycles. The lowest BCUT2D eigenvalue weighted by Gasteiger charge is -2.15. The lowest BCUT2D eigenvalue weighted by molar-refractivity contribution is 0.0884. The lowest BCUT2D eigenvalue weighted by atomic mass is 10.2. The zero-order chi connectivity index (χ0) is 11.9. The van der Waals surface area contributed by atoms with Gasteiger partial charge in [-0.25, -0.2) is 0 Å². The summed E-state index contributed by atoms with van der Waals surface area (Å²) in [6, 6.07) is 7.95. The Bertz CT molecular complexity index is 549. The van der Waals surface area contributed by atoms with E-state index in [0.717, 1.165) is 16.5 Å². The van der Waals surface area contributed by atoms with Gasteiger partial charge < -0.3 is 0 Å². The second-order valence-corrected chi connectivity index (χ2v) is 6.46. The van der Waals surface area contributed by atoms with Gasteiger partial charge in [0.25, 0.3) is 0 Å². The van der Waals surface area contributed by atoms with Gasteiger partial charge in [0.1, 0.15) is 0 Å². The fraction of sp³-hybridized carbons (Fsp3) is 0.308. The minimum Gasteiger partial charge on any atom is -0.286 e. The summed E-state index contributed by atoms with van der Waals surface area (Å²) in [4.78, 5) is 12.2. The van der Waals surface area contributed by atoms with Crippen LogP contribution in [-0.4, -0.2) is 14.8 Å². The maximum absolute atomic E-state index is 12.2. The largest absolute Gasteiger partial charge is 0.286 e. The van der Waals surface area contributed by atoms with Crippen LogP contribution in [-0.2, 0) is 0 Å². The molecule has 0 aliphatic rings. The fourth-order valence-corrected chi connectivity index (χ4v) is 2.00. The number of alkyl halides is 1. The van der Waals surface area contributed by atoms with Gasteiger partial charge in [-0.1, -0.05) is 34.1 Å². The molecule has 2 aromatic rings. The molecule has 3 heteroatoms. The van der Waals surface area contributed by atoms with Crippen molar-refractivity contribution in [2.75, 3.05) is 0 Å². The van der Waals surface area contributed by atoms with Crippen LogP contribution in [0.15, 0.2) is 30.5 Å². The third kappa shape index (κ3) is 1.80. The molecule has 84 valence electrons. The van der Waals surface area contributed by atoms with E-state index in [1.54, 1.807) is 4.57 Å². The number of aryl methyl sites for hydroxylation is 1. The summed E-state index contributed by atoms with van der Waals surface area (Å²) in [6.07, 6.45) is 1.90. The number of fused-ring (bicyclic) bond motifs is 1. The highest BCUT2D eigenvalue weighted by atomic mass is 79.9. The molecule has 0 saturated heterocycles. The summed E-state index contributed by atoms with van der Waals surface area (Å²) in [6.45, 7) is 5.74. The van der Waals surface area contributed by atoms with Crippen molar-refractivity contribution in [1.29, 1.82) is 0 Å². The molecule has 0 amide bonds. The number of carbonyl (C=O) groups is 1. The first kappa shape index (κ1) is 11.4. The third-order valence-electron chi connectivity index (χ3n) is 2.64. The zero-order valence-electron chi connectivity index (χ0n) is 9.62. The highest BCUT2D eigenvalue weighted by Crippen LogP contribution is 2.25. The number of carbonyl (C=O) groups excluding carboxylic acids is 1. The Hall–Kier alpha value is -1.09. The minimum atomic E-state index is -0.540. The fourth-order valence-electron chi connectivity index (χ4n) is 1.80. The number of hydrogen-bond acceptors (Lipinski definition) is 1. The van der Waals surface area contributed by atoms with Gasteiger partial charge in [0.05, 0.1) is 9.84 Å². The number of hydrogen-bond donors (Lipinski definition) is 0. The molecule has 1 aromatic heterocycles. The Morgan fingerprint density at radius 1 is 1.31 bits per heavy atom. The van der Waals surface area contributed by atoms with Crippen LogP contribution >= 0.6 is 15.9 Å². The number of nitrogens with zero attached hydrogens (tertiary/aromatic N) is 1. The van der Waals surface area contributed by atoms with Crippen LogP contribution in [0.3, 0.4) is 0 Å². The number of benzene rings is 1. The van der Waals surface area contributed by atoms with E-state index < -0.39 is 4.32 Å². The quantitative estimate of drug-likeness (QED) is 0.729. The molecular formula is C13H14BrNO. The van der Waals surface area contributed by atoms with E-state index in [1.807, 2.05) is 51.2 Å². The molecule has 0 saturated carbocycles. The predicted molar refractivity (Wildman–Crippen MR) is 70.3 cm³/mol. The molecule has 1 aromatic carbocycles. The molecule has 0 unspecified atom stereocenters. The highest BCUT2D eigenvalue weighted by molar-refractivity contribution is 9.10. The van der Waals surface area contributed by atoms with Gasteiger partial charge in [0.2, 0.25) is 5.91 Å². The summed E-state index contributed by atoms with van der Waals surface area (Å²) in [7, 11) is 0. The van der Waals surface area contributed by atoms with Gasteiger partial charge in [0, 0.05) is 11.6 Å². The summed E-state index contributed by atoms with van der Waals surface area (Å²) in [5.74, 6) is 0.0526. The number of aromatic nitrogens is 1. The molecule has 0 atom stereocenters. The molecular weight excluding hydrogens is 266 g/mol. The summed E-state index contributed by atoms with van der Waals surface area (Å²) in [5, 5.41) is 1.13. The summed E-state index contributed by atoms with van der Waals surface area (Å²) < 4.78 is 1.18. The van der Waals surface area contributed by atoms with Crippen LogP contribution in [0.1, 0.15) is 24.2 Å². The Balaban J connectivity index is 2.67. The van der Waals surface area contributed by atoms with Crippen molar-refractivity contribution in [2.45, 2.75) is 25.1 Å². The second kappa shape index (κ2) is 3.74. The van der Waals surface area contributed by atoms with E-state index >= 15 is 0 Å². The maximum atomic E-state index is 12.2. The van der Waals surface area contributed by atoms with Crippen LogP contribution < -0.4 is 0 Å². The molecule has 2 nitrogen and oxygen atoms in total. The molecule has 0 radical (unpaired) electrons. The van der Waals surface area contributed by atoms with Crippen molar-refractivity contribution in [3.8, 4) is 0 Å². The van der Waals surface area contributed by atoms with Gasteiger partial charge in [0.15, 0.2) is 0 Å². The van der Waals surface area contributed by atoms with Gasteiger partial charge in [-0.05, 0) is 32.4 Å². The van der Waals surface area contributed by atoms with E-state index in [0.29, 0.717) is 0 Å². The predicted octanol–water partition coefficient (Wildman–Crippen LogP) is 3.76. The average Bonchev–Trinajstić information content (AvgIpc) is 2.55. The van der Waals surface area contributed by atoms with E-state index in [-0.39, 0.29) is 5.91 Å². The van der Waals surface area contributed by atoms with Crippen molar-refractivity contribution >= 4 is 32.7 Å². The van der Waals surface area contributed by atoms with Crippen LogP contribution in [0.5, 0.6) is 0 Å². The standard InChI is InChI=1S/C13H14BrNO/c1-9-8-15(12(16)13(2,3)14)11-7-5-4-6-10(9)11/h4-8H,1-3H3. The number of para-hydroxylation sites is 1. The molecule has 0 fully saturated rings.